The number of nitrogens with one attached hydrogen (secondary N) is 1. The van der Waals surface area contributed by atoms with E-state index < -0.39 is 0 Å². The minimum Gasteiger partial charge on any atom is -0.378 e. The minimum absolute atomic E-state index is 0.130. The van der Waals surface area contributed by atoms with Gasteiger partial charge in [0, 0.05) is 19.5 Å². The highest BCUT2D eigenvalue weighted by Gasteiger charge is 2.28. The summed E-state index contributed by atoms with van der Waals surface area (Å²) in [5.41, 5.74) is 1.10. The number of nitrogens with zero attached hydrogens (tertiary/aromatic N) is 1. The van der Waals surface area contributed by atoms with Gasteiger partial charge in [-0.2, -0.15) is 0 Å². The number of carbonyl (C=O) groups excluding carboxylic acids is 1. The molecule has 0 spiro atoms. The molecular formula is C11H16N2OS. The molecule has 1 aliphatic rings. The summed E-state index contributed by atoms with van der Waals surface area (Å²) in [6, 6.07) is 2.40. The predicted molar refractivity (Wildman–Crippen MR) is 64.6 cm³/mol. The van der Waals surface area contributed by atoms with E-state index in [1.54, 1.807) is 18.3 Å². The zero-order valence-electron chi connectivity index (χ0n) is 9.28. The van der Waals surface area contributed by atoms with Crippen LogP contribution in [0.25, 0.3) is 0 Å². The monoisotopic (exact) mass is 224 g/mol. The maximum atomic E-state index is 11.5. The molecule has 82 valence electrons. The first-order valence-corrected chi connectivity index (χ1v) is 6.09. The number of fused-ring (bicyclic) bond motifs is 1. The largest absolute Gasteiger partial charge is 0.378 e. The number of amides is 1. The van der Waals surface area contributed by atoms with Crippen molar-refractivity contribution >= 4 is 27.9 Å². The Kier molecular flexibility index (Phi) is 2.69. The van der Waals surface area contributed by atoms with Gasteiger partial charge in [-0.25, -0.2) is 0 Å². The van der Waals surface area contributed by atoms with Crippen molar-refractivity contribution in [2.75, 3.05) is 16.8 Å². The van der Waals surface area contributed by atoms with Gasteiger partial charge in [0.1, 0.15) is 5.00 Å². The van der Waals surface area contributed by atoms with Crippen molar-refractivity contribution in [3.8, 4) is 0 Å². The number of carbonyl (C=O) groups is 1. The highest BCUT2D eigenvalue weighted by atomic mass is 32.1. The average molecular weight is 224 g/mol. The molecule has 1 N–H and O–H groups in total. The molecule has 2 rings (SSSR count). The van der Waals surface area contributed by atoms with Crippen LogP contribution in [0.5, 0.6) is 0 Å². The van der Waals surface area contributed by atoms with Gasteiger partial charge in [0.2, 0.25) is 5.91 Å². The van der Waals surface area contributed by atoms with Gasteiger partial charge in [0.05, 0.1) is 5.69 Å². The van der Waals surface area contributed by atoms with Gasteiger partial charge in [0.25, 0.3) is 0 Å². The zero-order chi connectivity index (χ0) is 11.0. The van der Waals surface area contributed by atoms with Crippen LogP contribution in [0.15, 0.2) is 11.4 Å². The van der Waals surface area contributed by atoms with Crippen molar-refractivity contribution in [1.82, 2.24) is 0 Å². The number of hydrogen-bond acceptors (Lipinski definition) is 3. The van der Waals surface area contributed by atoms with E-state index in [4.69, 9.17) is 0 Å². The summed E-state index contributed by atoms with van der Waals surface area (Å²) < 4.78 is 0. The van der Waals surface area contributed by atoms with Crippen molar-refractivity contribution in [2.24, 2.45) is 5.92 Å². The Labute approximate surface area is 94.1 Å². The number of rotatable bonds is 1. The third kappa shape index (κ3) is 1.86. The van der Waals surface area contributed by atoms with Gasteiger partial charge >= 0.3 is 0 Å². The van der Waals surface area contributed by atoms with Crippen LogP contribution in [0.1, 0.15) is 20.8 Å². The average Bonchev–Trinajstić information content (AvgIpc) is 2.62. The van der Waals surface area contributed by atoms with Crippen LogP contribution < -0.4 is 10.2 Å². The smallest absolute Gasteiger partial charge is 0.224 e. The van der Waals surface area contributed by atoms with Crippen LogP contribution in [0.4, 0.5) is 10.7 Å². The maximum Gasteiger partial charge on any atom is 0.224 e. The number of anilines is 2. The van der Waals surface area contributed by atoms with Gasteiger partial charge in [-0.05, 0) is 17.4 Å². The van der Waals surface area contributed by atoms with E-state index in [1.165, 1.54) is 0 Å². The lowest BCUT2D eigenvalue weighted by Gasteiger charge is -2.35. The highest BCUT2D eigenvalue weighted by molar-refractivity contribution is 7.15. The standard InChI is InChI=1S/C11H16N2OS/c1-7(2)10-6-13(8(3)14)11-9(12-10)4-5-15-11/h4-5,7,10,12H,6H2,1-3H3/t10-/m1/s1. The molecule has 0 radical (unpaired) electrons. The van der Waals surface area contributed by atoms with E-state index in [1.807, 2.05) is 16.3 Å². The van der Waals surface area contributed by atoms with E-state index >= 15 is 0 Å². The van der Waals surface area contributed by atoms with Crippen molar-refractivity contribution in [2.45, 2.75) is 26.8 Å². The van der Waals surface area contributed by atoms with Crippen LogP contribution in [-0.4, -0.2) is 18.5 Å². The molecule has 0 saturated carbocycles. The summed E-state index contributed by atoms with van der Waals surface area (Å²) in [6.45, 7) is 6.76. The fraction of sp³-hybridized carbons (Fsp3) is 0.545. The molecule has 0 unspecified atom stereocenters. The molecular weight excluding hydrogens is 208 g/mol. The maximum absolute atomic E-state index is 11.5. The van der Waals surface area contributed by atoms with Crippen molar-refractivity contribution in [3.05, 3.63) is 11.4 Å². The summed E-state index contributed by atoms with van der Waals surface area (Å²) in [6.07, 6.45) is 0. The molecule has 0 aromatic carbocycles. The Morgan fingerprint density at radius 1 is 1.67 bits per heavy atom. The Morgan fingerprint density at radius 3 is 3.00 bits per heavy atom. The molecule has 1 aromatic heterocycles. The first kappa shape index (κ1) is 10.5. The Morgan fingerprint density at radius 2 is 2.40 bits per heavy atom. The molecule has 3 nitrogen and oxygen atoms in total. The predicted octanol–water partition coefficient (Wildman–Crippen LogP) is 2.55. The molecule has 4 heteroatoms. The summed E-state index contributed by atoms with van der Waals surface area (Å²) in [7, 11) is 0. The molecule has 1 aliphatic heterocycles. The molecule has 2 heterocycles. The summed E-state index contributed by atoms with van der Waals surface area (Å²) in [5, 5.41) is 6.56. The molecule has 0 bridgehead atoms. The Hall–Kier alpha value is -1.03. The first-order chi connectivity index (χ1) is 7.09. The fourth-order valence-electron chi connectivity index (χ4n) is 1.79. The number of hydrogen-bond donors (Lipinski definition) is 1. The quantitative estimate of drug-likeness (QED) is 0.795. The topological polar surface area (TPSA) is 32.3 Å². The van der Waals surface area contributed by atoms with Gasteiger partial charge in [-0.3, -0.25) is 4.79 Å². The van der Waals surface area contributed by atoms with Crippen LogP contribution >= 0.6 is 11.3 Å². The summed E-state index contributed by atoms with van der Waals surface area (Å²) in [5.74, 6) is 0.658. The van der Waals surface area contributed by atoms with Gasteiger partial charge < -0.3 is 10.2 Å². The first-order valence-electron chi connectivity index (χ1n) is 5.21. The molecule has 15 heavy (non-hydrogen) atoms. The van der Waals surface area contributed by atoms with E-state index in [2.05, 4.69) is 19.2 Å². The lowest BCUT2D eigenvalue weighted by molar-refractivity contribution is -0.116. The van der Waals surface area contributed by atoms with Gasteiger partial charge in [0.15, 0.2) is 0 Å². The SMILES string of the molecule is CC(=O)N1C[C@H](C(C)C)Nc2ccsc21. The zero-order valence-corrected chi connectivity index (χ0v) is 10.1. The molecule has 1 atom stereocenters. The van der Waals surface area contributed by atoms with Crippen molar-refractivity contribution in [3.63, 3.8) is 0 Å². The minimum atomic E-state index is 0.130. The van der Waals surface area contributed by atoms with E-state index in [0.29, 0.717) is 12.0 Å². The molecule has 0 saturated heterocycles. The third-order valence-electron chi connectivity index (χ3n) is 2.79. The van der Waals surface area contributed by atoms with E-state index in [0.717, 1.165) is 17.2 Å². The lowest BCUT2D eigenvalue weighted by Crippen LogP contribution is -2.45. The Balaban J connectivity index is 2.31. The van der Waals surface area contributed by atoms with Crippen molar-refractivity contribution < 1.29 is 4.79 Å². The van der Waals surface area contributed by atoms with E-state index in [-0.39, 0.29) is 5.91 Å². The van der Waals surface area contributed by atoms with Gasteiger partial charge in [-0.1, -0.05) is 13.8 Å². The fourth-order valence-corrected chi connectivity index (χ4v) is 2.71. The second-order valence-corrected chi connectivity index (χ2v) is 5.16. The second-order valence-electron chi connectivity index (χ2n) is 4.26. The Bertz CT molecular complexity index is 372. The van der Waals surface area contributed by atoms with Gasteiger partial charge in [-0.15, -0.1) is 11.3 Å². The van der Waals surface area contributed by atoms with Crippen molar-refractivity contribution in [1.29, 1.82) is 0 Å². The molecule has 1 amide bonds. The second kappa shape index (κ2) is 3.85. The third-order valence-corrected chi connectivity index (χ3v) is 3.73. The van der Waals surface area contributed by atoms with Crippen LogP contribution in [0.3, 0.4) is 0 Å². The van der Waals surface area contributed by atoms with Crippen LogP contribution in [-0.2, 0) is 4.79 Å². The van der Waals surface area contributed by atoms with E-state index in [9.17, 15) is 4.79 Å². The molecule has 1 aromatic rings. The van der Waals surface area contributed by atoms with Crippen LogP contribution in [0, 0.1) is 5.92 Å². The van der Waals surface area contributed by atoms with Crippen LogP contribution in [0.2, 0.25) is 0 Å². The highest BCUT2D eigenvalue weighted by Crippen LogP contribution is 2.37. The summed E-state index contributed by atoms with van der Waals surface area (Å²) >= 11 is 1.62. The lowest BCUT2D eigenvalue weighted by atomic mass is 10.0. The summed E-state index contributed by atoms with van der Waals surface area (Å²) in [4.78, 5) is 13.4. The number of thiophene rings is 1. The molecule has 0 aliphatic carbocycles. The normalized spacial score (nSPS) is 20.0. The molecule has 0 fully saturated rings.